The van der Waals surface area contributed by atoms with Crippen molar-refractivity contribution in [3.63, 3.8) is 0 Å². The van der Waals surface area contributed by atoms with E-state index in [2.05, 4.69) is 22.9 Å². The summed E-state index contributed by atoms with van der Waals surface area (Å²) >= 11 is 11.6. The van der Waals surface area contributed by atoms with Crippen LogP contribution in [0.1, 0.15) is 104 Å². The third-order valence-corrected chi connectivity index (χ3v) is 17.2. The first kappa shape index (κ1) is 80.8. The number of ether oxygens (including phenoxy) is 10. The molecule has 0 spiro atoms. The Labute approximate surface area is 546 Å². The average molecular weight is 1390 g/mol. The van der Waals surface area contributed by atoms with Crippen molar-refractivity contribution in [1.29, 1.82) is 0 Å². The van der Waals surface area contributed by atoms with Crippen LogP contribution in [0.25, 0.3) is 0 Å². The quantitative estimate of drug-likeness (QED) is 0.0156. The van der Waals surface area contributed by atoms with Crippen molar-refractivity contribution in [3.8, 4) is 0 Å². The number of nitrogens with one attached hydrogen (secondary N) is 3. The number of amides is 3. The Balaban J connectivity index is 1.46. The predicted molar refractivity (Wildman–Crippen MR) is 314 cm³/mol. The van der Waals surface area contributed by atoms with E-state index < -0.39 is 246 Å². The monoisotopic (exact) mass is 1390 g/mol. The second kappa shape index (κ2) is 39.1. The molecule has 34 nitrogen and oxygen atoms in total. The molecule has 0 radical (unpaired) electrons. The molecular weight excluding hydrogens is 1290 g/mol. The molecule has 5 saturated heterocycles. The number of carbonyl (C=O) groups is 4. The van der Waals surface area contributed by atoms with Gasteiger partial charge in [-0.2, -0.15) is 0 Å². The fraction of sp³-hybridized carbons (Fsp3) is 0.895. The number of alkyl halides is 2. The zero-order chi connectivity index (χ0) is 69.0. The number of aliphatic carboxylic acids is 1. The molecule has 28 atom stereocenters. The van der Waals surface area contributed by atoms with Crippen molar-refractivity contribution in [2.45, 2.75) is 280 Å². The van der Waals surface area contributed by atoms with Crippen molar-refractivity contribution in [1.82, 2.24) is 16.0 Å². The second-order valence-corrected chi connectivity index (χ2v) is 24.9. The largest absolute Gasteiger partial charge is 0.477 e. The summed E-state index contributed by atoms with van der Waals surface area (Å²) in [5.41, 5.74) is 0. The van der Waals surface area contributed by atoms with E-state index in [1.807, 2.05) is 0 Å². The van der Waals surface area contributed by atoms with Gasteiger partial charge in [0.1, 0.15) is 116 Å². The molecule has 5 fully saturated rings. The molecule has 5 aliphatic heterocycles. The van der Waals surface area contributed by atoms with Gasteiger partial charge in [-0.3, -0.25) is 14.4 Å². The molecule has 0 aromatic rings. The third-order valence-electron chi connectivity index (χ3n) is 16.8. The third kappa shape index (κ3) is 21.8. The van der Waals surface area contributed by atoms with Gasteiger partial charge in [0.25, 0.3) is 11.7 Å². The van der Waals surface area contributed by atoms with E-state index in [9.17, 15) is 106 Å². The molecule has 0 aromatic carbocycles. The number of halogens is 2. The van der Waals surface area contributed by atoms with Crippen LogP contribution in [0.5, 0.6) is 0 Å². The normalized spacial score (nSPS) is 38.1. The Morgan fingerprint density at radius 1 is 0.581 bits per heavy atom. The number of carbonyl (C=O) groups excluding carboxylic acids is 3. The van der Waals surface area contributed by atoms with Gasteiger partial charge in [-0.25, -0.2) is 4.79 Å². The lowest BCUT2D eigenvalue weighted by Gasteiger charge is -2.52. The van der Waals surface area contributed by atoms with Gasteiger partial charge < -0.3 is 150 Å². The maximum absolute atomic E-state index is 13.7. The number of hydrogen-bond acceptors (Lipinski definition) is 30. The topological polar surface area (TPSA) is 541 Å². The molecule has 0 aromatic heterocycles. The van der Waals surface area contributed by atoms with E-state index >= 15 is 0 Å². The highest BCUT2D eigenvalue weighted by atomic mass is 35.5. The summed E-state index contributed by atoms with van der Waals surface area (Å²) in [7, 11) is 0. The summed E-state index contributed by atoms with van der Waals surface area (Å²) in [6.45, 7) is -2.18. The fourth-order valence-electron chi connectivity index (χ4n) is 11.6. The number of carboxylic acid groups (broad SMARTS) is 1. The van der Waals surface area contributed by atoms with Gasteiger partial charge in [-0.15, -0.1) is 0 Å². The van der Waals surface area contributed by atoms with Crippen molar-refractivity contribution in [2.75, 3.05) is 39.6 Å². The molecule has 28 unspecified atom stereocenters. The summed E-state index contributed by atoms with van der Waals surface area (Å²) in [6.07, 6.45) is -35.1. The standard InChI is InChI=1S/C57H97Cl2N3O31/c1-4-5-6-7-8-9-10-11-12-13-14-15-16-17-28(70)27(62-51(81)50(58)59)24-84-53-43(79)41(77)45(33(22-66)87-53)89-55-44(80)49(93-57(56(82)83)18-29(71)35(60-25(2)68)48(92-57)37(73)30(72)19-63)46(34(23-67)88-55)90-52-36(61-26(3)69)47(39(75)32(21-65)85-52)91-54-42(78)40(76)38(74)31(20-64)86-54/h16-17,27-50,52-55,63-67,70-80H,4-15,18-24H2,1-3H3,(H,60,68)(H,61,69)(H,62,81)(H,82,83)/b17-16+. The number of carboxylic acids is 1. The van der Waals surface area contributed by atoms with Crippen molar-refractivity contribution in [2.24, 2.45) is 0 Å². The smallest absolute Gasteiger partial charge is 0.364 e. The van der Waals surface area contributed by atoms with Crippen LogP contribution in [0.3, 0.4) is 0 Å². The minimum absolute atomic E-state index is 0.578. The maximum atomic E-state index is 13.7. The minimum Gasteiger partial charge on any atom is -0.477 e. The maximum Gasteiger partial charge on any atom is 0.364 e. The van der Waals surface area contributed by atoms with Gasteiger partial charge in [0.05, 0.1) is 63.9 Å². The Hall–Kier alpha value is -2.84. The Morgan fingerprint density at radius 2 is 1.08 bits per heavy atom. The summed E-state index contributed by atoms with van der Waals surface area (Å²) in [5, 5.41) is 194. The van der Waals surface area contributed by atoms with Crippen LogP contribution >= 0.6 is 23.2 Å². The summed E-state index contributed by atoms with van der Waals surface area (Å²) in [4.78, 5) is 50.2. The number of unbranched alkanes of at least 4 members (excludes halogenated alkanes) is 11. The highest BCUT2D eigenvalue weighted by molar-refractivity contribution is 6.53. The van der Waals surface area contributed by atoms with E-state index in [1.54, 1.807) is 6.08 Å². The zero-order valence-corrected chi connectivity index (χ0v) is 53.3. The van der Waals surface area contributed by atoms with Crippen LogP contribution < -0.4 is 16.0 Å². The second-order valence-electron chi connectivity index (χ2n) is 23.8. The van der Waals surface area contributed by atoms with Crippen LogP contribution in [0, 0.1) is 0 Å². The van der Waals surface area contributed by atoms with Gasteiger partial charge in [0, 0.05) is 20.3 Å². The number of rotatable bonds is 37. The molecule has 5 heterocycles. The average Bonchev–Trinajstić information content (AvgIpc) is 1.40. The van der Waals surface area contributed by atoms with E-state index in [-0.39, 0.29) is 0 Å². The number of aliphatic hydroxyl groups is 16. The predicted octanol–water partition coefficient (Wildman–Crippen LogP) is -6.50. The lowest BCUT2D eigenvalue weighted by Crippen LogP contribution is -2.72. The molecule has 20 N–H and O–H groups in total. The fourth-order valence-corrected chi connectivity index (χ4v) is 11.7. The molecule has 5 aliphatic rings. The first-order valence-corrected chi connectivity index (χ1v) is 32.1. The van der Waals surface area contributed by atoms with Gasteiger partial charge >= 0.3 is 5.97 Å². The summed E-state index contributed by atoms with van der Waals surface area (Å²) in [6, 6.07) is -5.01. The molecule has 3 amide bonds. The molecule has 5 rings (SSSR count). The van der Waals surface area contributed by atoms with Gasteiger partial charge in [0.15, 0.2) is 30.0 Å². The van der Waals surface area contributed by atoms with Gasteiger partial charge in [-0.1, -0.05) is 106 Å². The molecule has 0 bridgehead atoms. The minimum atomic E-state index is -3.39. The van der Waals surface area contributed by atoms with Crippen LogP contribution in [0.2, 0.25) is 0 Å². The van der Waals surface area contributed by atoms with Crippen LogP contribution in [0.15, 0.2) is 12.2 Å². The first-order valence-electron chi connectivity index (χ1n) is 31.2. The van der Waals surface area contributed by atoms with E-state index in [4.69, 9.17) is 70.6 Å². The number of allylic oxidation sites excluding steroid dienone is 1. The zero-order valence-electron chi connectivity index (χ0n) is 51.8. The highest BCUT2D eigenvalue weighted by Gasteiger charge is 2.62. The lowest BCUT2D eigenvalue weighted by molar-refractivity contribution is -0.403. The Bertz CT molecular complexity index is 2280. The highest BCUT2D eigenvalue weighted by Crippen LogP contribution is 2.41. The van der Waals surface area contributed by atoms with Crippen LogP contribution in [-0.4, -0.2) is 326 Å². The molecule has 0 saturated carbocycles. The van der Waals surface area contributed by atoms with Crippen molar-refractivity contribution >= 4 is 46.9 Å². The molecule has 36 heteroatoms. The summed E-state index contributed by atoms with van der Waals surface area (Å²) < 4.78 is 59.2. The SMILES string of the molecule is CCCCCCCCCCCCC/C=C/C(O)C(COC1OC(CO)C(OC2OC(CO)C(OC3OC(CO)C(O)C(OC4OC(CO)C(O)C(O)C4O)C3NC(C)=O)C(OC3(C(=O)O)CC(O)C(NC(C)=O)C(C(O)C(O)CO)O3)C2O)C(O)C1O)NC(=O)C(Cl)Cl. The lowest BCUT2D eigenvalue weighted by atomic mass is 9.88. The molecule has 93 heavy (non-hydrogen) atoms. The van der Waals surface area contributed by atoms with Gasteiger partial charge in [0.2, 0.25) is 11.8 Å². The van der Waals surface area contributed by atoms with Gasteiger partial charge in [-0.05, 0) is 12.8 Å². The Kier molecular flexibility index (Phi) is 34.0. The van der Waals surface area contributed by atoms with Crippen LogP contribution in [-0.2, 0) is 66.5 Å². The van der Waals surface area contributed by atoms with Crippen molar-refractivity contribution in [3.05, 3.63) is 12.2 Å². The van der Waals surface area contributed by atoms with Crippen LogP contribution in [0.4, 0.5) is 0 Å². The first-order chi connectivity index (χ1) is 44.1. The van der Waals surface area contributed by atoms with E-state index in [0.717, 1.165) is 46.0 Å². The van der Waals surface area contributed by atoms with E-state index in [1.165, 1.54) is 44.6 Å². The van der Waals surface area contributed by atoms with E-state index in [0.29, 0.717) is 6.42 Å². The Morgan fingerprint density at radius 3 is 1.63 bits per heavy atom. The summed E-state index contributed by atoms with van der Waals surface area (Å²) in [5.74, 6) is -8.32. The molecule has 540 valence electrons. The molecular formula is C57H97Cl2N3O31. The molecule has 0 aliphatic carbocycles. The number of aliphatic hydroxyl groups excluding tert-OH is 16. The van der Waals surface area contributed by atoms with Crippen molar-refractivity contribution < 1.29 is 153 Å². The number of hydrogen-bond donors (Lipinski definition) is 20.